The van der Waals surface area contributed by atoms with Gasteiger partial charge in [0.1, 0.15) is 0 Å². The van der Waals surface area contributed by atoms with Crippen LogP contribution in [0.15, 0.2) is 24.5 Å². The SMILES string of the molecule is NC1CCCCC1CC(=O)N1CCCC1c1ccncc1. The molecule has 21 heavy (non-hydrogen) atoms. The lowest BCUT2D eigenvalue weighted by atomic mass is 9.82. The van der Waals surface area contributed by atoms with Crippen molar-refractivity contribution in [2.45, 2.75) is 57.0 Å². The molecule has 3 rings (SSSR count). The van der Waals surface area contributed by atoms with Gasteiger partial charge in [-0.2, -0.15) is 0 Å². The highest BCUT2D eigenvalue weighted by Crippen LogP contribution is 2.34. The molecule has 0 bridgehead atoms. The molecule has 2 N–H and O–H groups in total. The van der Waals surface area contributed by atoms with Gasteiger partial charge in [-0.15, -0.1) is 0 Å². The van der Waals surface area contributed by atoms with E-state index in [1.165, 1.54) is 18.4 Å². The molecular weight excluding hydrogens is 262 g/mol. The second-order valence-electron chi connectivity index (χ2n) is 6.44. The number of nitrogens with two attached hydrogens (primary N) is 1. The molecule has 2 fully saturated rings. The molecule has 3 atom stereocenters. The van der Waals surface area contributed by atoms with E-state index in [4.69, 9.17) is 5.73 Å². The van der Waals surface area contributed by atoms with Crippen molar-refractivity contribution in [2.75, 3.05) is 6.54 Å². The Morgan fingerprint density at radius 1 is 1.19 bits per heavy atom. The van der Waals surface area contributed by atoms with E-state index < -0.39 is 0 Å². The van der Waals surface area contributed by atoms with E-state index in [-0.39, 0.29) is 18.0 Å². The van der Waals surface area contributed by atoms with Crippen LogP contribution in [-0.2, 0) is 4.79 Å². The number of carbonyl (C=O) groups is 1. The van der Waals surface area contributed by atoms with Crippen molar-refractivity contribution in [3.8, 4) is 0 Å². The molecule has 114 valence electrons. The predicted octanol–water partition coefficient (Wildman–Crippen LogP) is 2.65. The van der Waals surface area contributed by atoms with Gasteiger partial charge in [0.2, 0.25) is 5.91 Å². The topological polar surface area (TPSA) is 59.2 Å². The number of nitrogens with zero attached hydrogens (tertiary/aromatic N) is 2. The second-order valence-corrected chi connectivity index (χ2v) is 6.44. The minimum absolute atomic E-state index is 0.213. The first-order chi connectivity index (χ1) is 10.3. The minimum Gasteiger partial charge on any atom is -0.336 e. The lowest BCUT2D eigenvalue weighted by Gasteiger charge is -2.31. The Bertz CT molecular complexity index is 476. The number of rotatable bonds is 3. The number of aromatic nitrogens is 1. The van der Waals surface area contributed by atoms with Crippen LogP contribution in [0.1, 0.15) is 56.6 Å². The molecule has 0 aromatic carbocycles. The molecule has 3 unspecified atom stereocenters. The normalized spacial score (nSPS) is 29.6. The Balaban J connectivity index is 1.66. The van der Waals surface area contributed by atoms with Crippen LogP contribution >= 0.6 is 0 Å². The summed E-state index contributed by atoms with van der Waals surface area (Å²) in [6.45, 7) is 0.883. The summed E-state index contributed by atoms with van der Waals surface area (Å²) in [5, 5.41) is 0. The van der Waals surface area contributed by atoms with Gasteiger partial charge < -0.3 is 10.6 Å². The van der Waals surface area contributed by atoms with Gasteiger partial charge in [-0.25, -0.2) is 0 Å². The van der Waals surface area contributed by atoms with E-state index in [1.54, 1.807) is 0 Å². The summed E-state index contributed by atoms with van der Waals surface area (Å²) in [6.07, 6.45) is 11.0. The second kappa shape index (κ2) is 6.56. The fraction of sp³-hybridized carbons (Fsp3) is 0.647. The number of pyridine rings is 1. The van der Waals surface area contributed by atoms with E-state index in [1.807, 2.05) is 24.5 Å². The molecule has 1 aromatic rings. The molecule has 1 aliphatic heterocycles. The van der Waals surface area contributed by atoms with Crippen molar-refractivity contribution in [3.05, 3.63) is 30.1 Å². The molecule has 4 heteroatoms. The van der Waals surface area contributed by atoms with Crippen molar-refractivity contribution in [1.29, 1.82) is 0 Å². The molecule has 1 saturated heterocycles. The Morgan fingerprint density at radius 3 is 2.71 bits per heavy atom. The first kappa shape index (κ1) is 14.5. The highest BCUT2D eigenvalue weighted by atomic mass is 16.2. The van der Waals surface area contributed by atoms with Crippen LogP contribution in [0.5, 0.6) is 0 Å². The first-order valence-corrected chi connectivity index (χ1v) is 8.20. The molecular formula is C17H25N3O. The Hall–Kier alpha value is -1.42. The van der Waals surface area contributed by atoms with Crippen LogP contribution in [0, 0.1) is 5.92 Å². The zero-order chi connectivity index (χ0) is 14.7. The number of amides is 1. The minimum atomic E-state index is 0.213. The highest BCUT2D eigenvalue weighted by Gasteiger charge is 2.32. The Kier molecular flexibility index (Phi) is 4.54. The van der Waals surface area contributed by atoms with Gasteiger partial charge in [-0.1, -0.05) is 12.8 Å². The van der Waals surface area contributed by atoms with Gasteiger partial charge in [0, 0.05) is 31.4 Å². The molecule has 4 nitrogen and oxygen atoms in total. The summed E-state index contributed by atoms with van der Waals surface area (Å²) < 4.78 is 0. The van der Waals surface area contributed by atoms with Gasteiger partial charge >= 0.3 is 0 Å². The lowest BCUT2D eigenvalue weighted by Crippen LogP contribution is -2.38. The molecule has 1 amide bonds. The largest absolute Gasteiger partial charge is 0.336 e. The third-order valence-corrected chi connectivity index (χ3v) is 5.07. The lowest BCUT2D eigenvalue weighted by molar-refractivity contribution is -0.133. The Morgan fingerprint density at radius 2 is 1.95 bits per heavy atom. The van der Waals surface area contributed by atoms with Crippen LogP contribution < -0.4 is 5.73 Å². The van der Waals surface area contributed by atoms with Crippen LogP contribution in [0.2, 0.25) is 0 Å². The summed E-state index contributed by atoms with van der Waals surface area (Å²) in [7, 11) is 0. The highest BCUT2D eigenvalue weighted by molar-refractivity contribution is 5.77. The molecule has 1 aliphatic carbocycles. The third kappa shape index (κ3) is 3.26. The summed E-state index contributed by atoms with van der Waals surface area (Å²) in [4.78, 5) is 18.8. The van der Waals surface area contributed by atoms with Crippen molar-refractivity contribution in [3.63, 3.8) is 0 Å². The number of likely N-dealkylation sites (tertiary alicyclic amines) is 1. The molecule has 1 aromatic heterocycles. The van der Waals surface area contributed by atoms with Gasteiger partial charge in [0.05, 0.1) is 6.04 Å². The quantitative estimate of drug-likeness (QED) is 0.929. The number of hydrogen-bond acceptors (Lipinski definition) is 3. The van der Waals surface area contributed by atoms with E-state index >= 15 is 0 Å². The van der Waals surface area contributed by atoms with E-state index in [0.29, 0.717) is 12.3 Å². The van der Waals surface area contributed by atoms with Gasteiger partial charge in [-0.05, 0) is 49.3 Å². The maximum absolute atomic E-state index is 12.7. The summed E-state index contributed by atoms with van der Waals surface area (Å²) >= 11 is 0. The maximum Gasteiger partial charge on any atom is 0.223 e. The van der Waals surface area contributed by atoms with Crippen LogP contribution in [0.25, 0.3) is 0 Å². The standard InChI is InChI=1S/C17H25N3O/c18-15-5-2-1-4-14(15)12-17(21)20-11-3-6-16(20)13-7-9-19-10-8-13/h7-10,14-16H,1-6,11-12,18H2. The zero-order valence-electron chi connectivity index (χ0n) is 12.6. The first-order valence-electron chi connectivity index (χ1n) is 8.20. The smallest absolute Gasteiger partial charge is 0.223 e. The maximum atomic E-state index is 12.7. The van der Waals surface area contributed by atoms with E-state index in [2.05, 4.69) is 9.88 Å². The van der Waals surface area contributed by atoms with Crippen molar-refractivity contribution >= 4 is 5.91 Å². The van der Waals surface area contributed by atoms with E-state index in [0.717, 1.165) is 32.2 Å². The Labute approximate surface area is 126 Å². The van der Waals surface area contributed by atoms with Crippen LogP contribution in [0.3, 0.4) is 0 Å². The number of hydrogen-bond donors (Lipinski definition) is 1. The fourth-order valence-electron chi connectivity index (χ4n) is 3.83. The molecule has 2 aliphatic rings. The number of carbonyl (C=O) groups excluding carboxylic acids is 1. The van der Waals surface area contributed by atoms with Gasteiger partial charge in [-0.3, -0.25) is 9.78 Å². The zero-order valence-corrected chi connectivity index (χ0v) is 12.6. The van der Waals surface area contributed by atoms with Gasteiger partial charge in [0.25, 0.3) is 0 Å². The van der Waals surface area contributed by atoms with E-state index in [9.17, 15) is 4.79 Å². The van der Waals surface area contributed by atoms with Crippen molar-refractivity contribution in [2.24, 2.45) is 11.7 Å². The fourth-order valence-corrected chi connectivity index (χ4v) is 3.83. The molecule has 1 saturated carbocycles. The monoisotopic (exact) mass is 287 g/mol. The molecule has 0 radical (unpaired) electrons. The van der Waals surface area contributed by atoms with Crippen LogP contribution in [0.4, 0.5) is 0 Å². The molecule has 0 spiro atoms. The summed E-state index contributed by atoms with van der Waals surface area (Å²) in [6, 6.07) is 4.51. The van der Waals surface area contributed by atoms with Crippen LogP contribution in [-0.4, -0.2) is 28.4 Å². The summed E-state index contributed by atoms with van der Waals surface area (Å²) in [5.74, 6) is 0.668. The van der Waals surface area contributed by atoms with Gasteiger partial charge in [0.15, 0.2) is 0 Å². The van der Waals surface area contributed by atoms with Crippen molar-refractivity contribution < 1.29 is 4.79 Å². The average Bonchev–Trinajstić information content (AvgIpc) is 3.00. The average molecular weight is 287 g/mol. The predicted molar refractivity (Wildman–Crippen MR) is 82.5 cm³/mol. The van der Waals surface area contributed by atoms with Crippen molar-refractivity contribution in [1.82, 2.24) is 9.88 Å². The third-order valence-electron chi connectivity index (χ3n) is 5.07. The summed E-state index contributed by atoms with van der Waals surface area (Å²) in [5.41, 5.74) is 7.40. The molecule has 2 heterocycles.